The fourth-order valence-electron chi connectivity index (χ4n) is 1.56. The van der Waals surface area contributed by atoms with E-state index in [4.69, 9.17) is 17.3 Å². The van der Waals surface area contributed by atoms with Crippen molar-refractivity contribution >= 4 is 7.85 Å². The molecule has 3 atom stereocenters. The standard InChI is InChI=1S/C9H15BO2/c1-11-6-7-3-4-8(10)5-9(7)12-2/h3-4,7-9H,5-6H2,1-2H3/t7-,8-,9+/m1/s1. The van der Waals surface area contributed by atoms with Crippen LogP contribution in [0.25, 0.3) is 0 Å². The first-order chi connectivity index (χ1) is 5.77. The highest BCUT2D eigenvalue weighted by Crippen LogP contribution is 2.26. The molecule has 0 fully saturated rings. The number of hydrogen-bond acceptors (Lipinski definition) is 2. The monoisotopic (exact) mass is 166 g/mol. The van der Waals surface area contributed by atoms with Crippen molar-refractivity contribution in [2.45, 2.75) is 18.3 Å². The molecule has 0 unspecified atom stereocenters. The van der Waals surface area contributed by atoms with Crippen molar-refractivity contribution in [1.29, 1.82) is 0 Å². The number of allylic oxidation sites excluding steroid dienone is 1. The molecule has 0 bridgehead atoms. The molecule has 0 spiro atoms. The largest absolute Gasteiger partial charge is 0.384 e. The van der Waals surface area contributed by atoms with Gasteiger partial charge in [-0.05, 0) is 6.42 Å². The van der Waals surface area contributed by atoms with E-state index in [9.17, 15) is 0 Å². The SMILES string of the molecule is [B][C@@H]1C=C[C@H](COC)[C@@H](OC)C1. The second kappa shape index (κ2) is 4.68. The Hall–Kier alpha value is -0.275. The zero-order valence-corrected chi connectivity index (χ0v) is 7.69. The van der Waals surface area contributed by atoms with Crippen molar-refractivity contribution < 1.29 is 9.47 Å². The number of methoxy groups -OCH3 is 2. The third-order valence-corrected chi connectivity index (χ3v) is 2.25. The molecule has 1 aliphatic carbocycles. The summed E-state index contributed by atoms with van der Waals surface area (Å²) in [6, 6.07) is 0. The Balaban J connectivity index is 2.52. The van der Waals surface area contributed by atoms with Gasteiger partial charge in [-0.15, -0.1) is 0 Å². The maximum absolute atomic E-state index is 5.75. The number of rotatable bonds is 3. The van der Waals surface area contributed by atoms with Crippen molar-refractivity contribution in [3.8, 4) is 0 Å². The minimum atomic E-state index is 0.142. The molecule has 12 heavy (non-hydrogen) atoms. The Kier molecular flexibility index (Phi) is 3.82. The average molecular weight is 166 g/mol. The highest BCUT2D eigenvalue weighted by atomic mass is 16.5. The zero-order valence-electron chi connectivity index (χ0n) is 7.69. The normalized spacial score (nSPS) is 35.3. The van der Waals surface area contributed by atoms with Crippen LogP contribution in [0.3, 0.4) is 0 Å². The lowest BCUT2D eigenvalue weighted by molar-refractivity contribution is 0.0253. The molecule has 2 radical (unpaired) electrons. The molecule has 0 amide bonds. The van der Waals surface area contributed by atoms with Crippen molar-refractivity contribution in [3.63, 3.8) is 0 Å². The zero-order chi connectivity index (χ0) is 8.97. The van der Waals surface area contributed by atoms with E-state index in [1.807, 2.05) is 6.08 Å². The van der Waals surface area contributed by atoms with Crippen LogP contribution in [-0.2, 0) is 9.47 Å². The van der Waals surface area contributed by atoms with E-state index in [1.54, 1.807) is 14.2 Å². The summed E-state index contributed by atoms with van der Waals surface area (Å²) in [5, 5.41) is 0. The predicted octanol–water partition coefficient (Wildman–Crippen LogP) is 1.18. The van der Waals surface area contributed by atoms with E-state index in [2.05, 4.69) is 6.08 Å². The Morgan fingerprint density at radius 3 is 2.75 bits per heavy atom. The first-order valence-electron chi connectivity index (χ1n) is 4.23. The van der Waals surface area contributed by atoms with Gasteiger partial charge in [0.1, 0.15) is 0 Å². The molecule has 66 valence electrons. The second-order valence-electron chi connectivity index (χ2n) is 3.18. The van der Waals surface area contributed by atoms with Crippen molar-refractivity contribution in [1.82, 2.24) is 0 Å². The third kappa shape index (κ3) is 2.36. The molecule has 0 aliphatic heterocycles. The lowest BCUT2D eigenvalue weighted by Gasteiger charge is -2.29. The molecule has 3 heteroatoms. The van der Waals surface area contributed by atoms with Crippen LogP contribution in [0, 0.1) is 5.92 Å². The predicted molar refractivity (Wildman–Crippen MR) is 49.4 cm³/mol. The van der Waals surface area contributed by atoms with Gasteiger partial charge in [0.2, 0.25) is 0 Å². The highest BCUT2D eigenvalue weighted by molar-refractivity contribution is 6.13. The molecule has 0 N–H and O–H groups in total. The van der Waals surface area contributed by atoms with Gasteiger partial charge in [-0.1, -0.05) is 18.0 Å². The quantitative estimate of drug-likeness (QED) is 0.463. The van der Waals surface area contributed by atoms with Crippen LogP contribution in [-0.4, -0.2) is 34.8 Å². The smallest absolute Gasteiger partial charge is 0.0756 e. The Labute approximate surface area is 75.3 Å². The minimum Gasteiger partial charge on any atom is -0.384 e. The maximum Gasteiger partial charge on any atom is 0.0756 e. The molecule has 0 saturated carbocycles. The van der Waals surface area contributed by atoms with Gasteiger partial charge >= 0.3 is 0 Å². The summed E-state index contributed by atoms with van der Waals surface area (Å²) in [4.78, 5) is 0. The molecule has 2 nitrogen and oxygen atoms in total. The summed E-state index contributed by atoms with van der Waals surface area (Å²) in [5.74, 6) is 0.503. The van der Waals surface area contributed by atoms with Crippen LogP contribution in [0.2, 0.25) is 5.82 Å². The van der Waals surface area contributed by atoms with Gasteiger partial charge in [-0.2, -0.15) is 0 Å². The molecular weight excluding hydrogens is 151 g/mol. The minimum absolute atomic E-state index is 0.142. The Bertz CT molecular complexity index is 159. The lowest BCUT2D eigenvalue weighted by Crippen LogP contribution is -2.29. The summed E-state index contributed by atoms with van der Waals surface area (Å²) in [6.07, 6.45) is 5.22. The summed E-state index contributed by atoms with van der Waals surface area (Å²) in [5.41, 5.74) is 0. The van der Waals surface area contributed by atoms with Gasteiger partial charge in [0.05, 0.1) is 20.6 Å². The van der Waals surface area contributed by atoms with Crippen LogP contribution in [0.5, 0.6) is 0 Å². The van der Waals surface area contributed by atoms with Gasteiger partial charge in [0.15, 0.2) is 0 Å². The van der Waals surface area contributed by atoms with Gasteiger partial charge < -0.3 is 9.47 Å². The van der Waals surface area contributed by atoms with E-state index in [0.29, 0.717) is 12.5 Å². The van der Waals surface area contributed by atoms with E-state index in [0.717, 1.165) is 6.42 Å². The summed E-state index contributed by atoms with van der Waals surface area (Å²) >= 11 is 0. The molecule has 0 aromatic carbocycles. The lowest BCUT2D eigenvalue weighted by atomic mass is 9.75. The van der Waals surface area contributed by atoms with Crippen LogP contribution in [0.4, 0.5) is 0 Å². The summed E-state index contributed by atoms with van der Waals surface area (Å²) < 4.78 is 10.4. The maximum atomic E-state index is 5.75. The Morgan fingerprint density at radius 2 is 2.17 bits per heavy atom. The highest BCUT2D eigenvalue weighted by Gasteiger charge is 2.23. The molecule has 1 aliphatic rings. The third-order valence-electron chi connectivity index (χ3n) is 2.25. The van der Waals surface area contributed by atoms with E-state index in [1.165, 1.54) is 0 Å². The summed E-state index contributed by atoms with van der Waals surface area (Å²) in [7, 11) is 9.18. The van der Waals surface area contributed by atoms with Crippen molar-refractivity contribution in [3.05, 3.63) is 12.2 Å². The van der Waals surface area contributed by atoms with E-state index >= 15 is 0 Å². The van der Waals surface area contributed by atoms with E-state index < -0.39 is 0 Å². The number of ether oxygens (including phenoxy) is 2. The fourth-order valence-corrected chi connectivity index (χ4v) is 1.56. The first kappa shape index (κ1) is 9.81. The Morgan fingerprint density at radius 1 is 1.42 bits per heavy atom. The molecule has 0 aromatic heterocycles. The van der Waals surface area contributed by atoms with Crippen LogP contribution in [0.1, 0.15) is 6.42 Å². The fraction of sp³-hybridized carbons (Fsp3) is 0.778. The topological polar surface area (TPSA) is 18.5 Å². The number of hydrogen-bond donors (Lipinski definition) is 0. The van der Waals surface area contributed by atoms with Crippen molar-refractivity contribution in [2.24, 2.45) is 5.92 Å². The summed E-state index contributed by atoms with van der Waals surface area (Å²) in [6.45, 7) is 0.710. The van der Waals surface area contributed by atoms with Crippen LogP contribution < -0.4 is 0 Å². The molecule has 0 saturated heterocycles. The van der Waals surface area contributed by atoms with Gasteiger partial charge in [0, 0.05) is 20.1 Å². The average Bonchev–Trinajstić information content (AvgIpc) is 2.08. The van der Waals surface area contributed by atoms with Gasteiger partial charge in [-0.3, -0.25) is 0 Å². The van der Waals surface area contributed by atoms with E-state index in [-0.39, 0.29) is 11.9 Å². The van der Waals surface area contributed by atoms with Gasteiger partial charge in [-0.25, -0.2) is 0 Å². The molecule has 0 aromatic rings. The first-order valence-corrected chi connectivity index (χ1v) is 4.23. The van der Waals surface area contributed by atoms with Crippen LogP contribution in [0.15, 0.2) is 12.2 Å². The molecule has 0 heterocycles. The molecular formula is C9H15BO2. The van der Waals surface area contributed by atoms with Crippen LogP contribution >= 0.6 is 0 Å². The molecule has 1 rings (SSSR count). The van der Waals surface area contributed by atoms with Crippen molar-refractivity contribution in [2.75, 3.05) is 20.8 Å². The van der Waals surface area contributed by atoms with Gasteiger partial charge in [0.25, 0.3) is 0 Å². The second-order valence-corrected chi connectivity index (χ2v) is 3.18.